The molecule has 1 aliphatic carbocycles. The van der Waals surface area contributed by atoms with E-state index in [4.69, 9.17) is 5.11 Å². The van der Waals surface area contributed by atoms with Gasteiger partial charge in [0.15, 0.2) is 0 Å². The van der Waals surface area contributed by atoms with Crippen LogP contribution in [0.15, 0.2) is 0 Å². The average Bonchev–Trinajstić information content (AvgIpc) is 3.10. The van der Waals surface area contributed by atoms with Gasteiger partial charge in [0.2, 0.25) is 10.0 Å². The highest BCUT2D eigenvalue weighted by molar-refractivity contribution is 7.89. The number of hydrogen-bond acceptors (Lipinski definition) is 5. The lowest BCUT2D eigenvalue weighted by Gasteiger charge is -2.16. The van der Waals surface area contributed by atoms with Crippen LogP contribution >= 0.6 is 0 Å². The molecule has 1 aliphatic rings. The number of nitrogens with one attached hydrogen (secondary N) is 1. The first-order chi connectivity index (χ1) is 8.84. The maximum Gasteiger partial charge on any atom is 0.305 e. The van der Waals surface area contributed by atoms with Crippen molar-refractivity contribution in [1.29, 1.82) is 0 Å². The van der Waals surface area contributed by atoms with Gasteiger partial charge in [0, 0.05) is 12.5 Å². The van der Waals surface area contributed by atoms with Crippen molar-refractivity contribution in [3.05, 3.63) is 0 Å². The van der Waals surface area contributed by atoms with E-state index >= 15 is 0 Å². The van der Waals surface area contributed by atoms with Crippen molar-refractivity contribution in [3.63, 3.8) is 0 Å². The molecule has 0 saturated heterocycles. The third kappa shape index (κ3) is 6.53. The molecule has 1 saturated carbocycles. The van der Waals surface area contributed by atoms with Crippen LogP contribution in [0.1, 0.15) is 32.1 Å². The second-order valence-corrected chi connectivity index (χ2v) is 6.53. The Morgan fingerprint density at radius 2 is 2.05 bits per heavy atom. The monoisotopic (exact) mass is 293 g/mol. The summed E-state index contributed by atoms with van der Waals surface area (Å²) in [6, 6.07) is -0.541. The van der Waals surface area contributed by atoms with Gasteiger partial charge in [0.05, 0.1) is 19.3 Å². The molecule has 2 N–H and O–H groups in total. The first kappa shape index (κ1) is 15.9. The number of methoxy groups -OCH3 is 1. The number of carboxylic acid groups (broad SMARTS) is 1. The van der Waals surface area contributed by atoms with Crippen molar-refractivity contribution in [2.45, 2.75) is 38.1 Å². The molecule has 1 fully saturated rings. The summed E-state index contributed by atoms with van der Waals surface area (Å²) in [6.07, 6.45) is 1.68. The van der Waals surface area contributed by atoms with Crippen LogP contribution in [0.2, 0.25) is 0 Å². The fourth-order valence-corrected chi connectivity index (χ4v) is 3.17. The molecular formula is C11H19NO6S. The minimum absolute atomic E-state index is 0.0322. The number of aliphatic carboxylic acids is 1. The fourth-order valence-electron chi connectivity index (χ4n) is 1.79. The Hall–Kier alpha value is -1.15. The normalized spacial score (nSPS) is 16.9. The van der Waals surface area contributed by atoms with Crippen LogP contribution in [-0.2, 0) is 24.3 Å². The molecular weight excluding hydrogens is 274 g/mol. The minimum atomic E-state index is -3.56. The first-order valence-corrected chi connectivity index (χ1v) is 7.78. The zero-order chi connectivity index (χ0) is 14.5. The molecule has 1 unspecified atom stereocenters. The number of hydrogen-bond donors (Lipinski definition) is 2. The summed E-state index contributed by atoms with van der Waals surface area (Å²) in [5, 5.41) is 8.74. The van der Waals surface area contributed by atoms with Crippen molar-refractivity contribution in [2.75, 3.05) is 12.9 Å². The number of carbonyl (C=O) groups is 2. The van der Waals surface area contributed by atoms with Crippen molar-refractivity contribution < 1.29 is 27.9 Å². The summed E-state index contributed by atoms with van der Waals surface area (Å²) in [5.74, 6) is -1.56. The molecule has 19 heavy (non-hydrogen) atoms. The molecule has 0 aromatic rings. The molecule has 0 bridgehead atoms. The molecule has 0 amide bonds. The predicted molar refractivity (Wildman–Crippen MR) is 66.9 cm³/mol. The molecule has 110 valence electrons. The largest absolute Gasteiger partial charge is 0.481 e. The third-order valence-corrected chi connectivity index (χ3v) is 4.43. The molecule has 0 aromatic carbocycles. The zero-order valence-corrected chi connectivity index (χ0v) is 11.6. The fraction of sp³-hybridized carbons (Fsp3) is 0.818. The number of rotatable bonds is 9. The summed E-state index contributed by atoms with van der Waals surface area (Å²) < 4.78 is 30.4. The first-order valence-electron chi connectivity index (χ1n) is 6.12. The highest BCUT2D eigenvalue weighted by Gasteiger charge is 2.35. The Bertz CT molecular complexity index is 428. The Kier molecular flexibility index (Phi) is 5.74. The summed E-state index contributed by atoms with van der Waals surface area (Å²) in [5.41, 5.74) is 0. The Morgan fingerprint density at radius 1 is 1.42 bits per heavy atom. The molecule has 1 atom stereocenters. The molecule has 1 rings (SSSR count). The SMILES string of the molecule is COC(=O)CCCS(=O)(=O)NC(CC(=O)O)C1CC1. The Labute approximate surface area is 112 Å². The van der Waals surface area contributed by atoms with Crippen LogP contribution in [0.4, 0.5) is 0 Å². The quantitative estimate of drug-likeness (QED) is 0.584. The van der Waals surface area contributed by atoms with Gasteiger partial charge in [0.25, 0.3) is 0 Å². The van der Waals surface area contributed by atoms with E-state index in [1.54, 1.807) is 0 Å². The van der Waals surface area contributed by atoms with Crippen molar-refractivity contribution in [2.24, 2.45) is 5.92 Å². The number of carboxylic acids is 1. The summed E-state index contributed by atoms with van der Waals surface area (Å²) >= 11 is 0. The van der Waals surface area contributed by atoms with Crippen LogP contribution in [-0.4, -0.2) is 44.4 Å². The van der Waals surface area contributed by atoms with E-state index in [2.05, 4.69) is 9.46 Å². The molecule has 0 heterocycles. The van der Waals surface area contributed by atoms with Gasteiger partial charge in [-0.3, -0.25) is 9.59 Å². The summed E-state index contributed by atoms with van der Waals surface area (Å²) in [4.78, 5) is 21.5. The van der Waals surface area contributed by atoms with Crippen LogP contribution in [0, 0.1) is 5.92 Å². The Balaban J connectivity index is 2.42. The molecule has 0 spiro atoms. The number of carbonyl (C=O) groups excluding carboxylic acids is 1. The maximum atomic E-state index is 11.8. The Morgan fingerprint density at radius 3 is 2.53 bits per heavy atom. The maximum absolute atomic E-state index is 11.8. The standard InChI is InChI=1S/C11H19NO6S/c1-18-11(15)3-2-6-19(16,17)12-9(7-10(13)14)8-4-5-8/h8-9,12H,2-7H2,1H3,(H,13,14). The second-order valence-electron chi connectivity index (χ2n) is 4.66. The number of esters is 1. The molecule has 0 aliphatic heterocycles. The van der Waals surface area contributed by atoms with Gasteiger partial charge >= 0.3 is 11.9 Å². The van der Waals surface area contributed by atoms with E-state index in [9.17, 15) is 18.0 Å². The predicted octanol–water partition coefficient (Wildman–Crippen LogP) is 0.112. The highest BCUT2D eigenvalue weighted by Crippen LogP contribution is 2.34. The smallest absolute Gasteiger partial charge is 0.305 e. The lowest BCUT2D eigenvalue weighted by molar-refractivity contribution is -0.140. The molecule has 8 heteroatoms. The highest BCUT2D eigenvalue weighted by atomic mass is 32.2. The lowest BCUT2D eigenvalue weighted by Crippen LogP contribution is -2.39. The van der Waals surface area contributed by atoms with Crippen LogP contribution < -0.4 is 4.72 Å². The van der Waals surface area contributed by atoms with E-state index in [1.807, 2.05) is 0 Å². The number of sulfonamides is 1. The second kappa shape index (κ2) is 6.85. The van der Waals surface area contributed by atoms with Gasteiger partial charge in [0.1, 0.15) is 0 Å². The van der Waals surface area contributed by atoms with E-state index in [-0.39, 0.29) is 30.9 Å². The molecule has 0 radical (unpaired) electrons. The van der Waals surface area contributed by atoms with Crippen LogP contribution in [0.5, 0.6) is 0 Å². The van der Waals surface area contributed by atoms with Gasteiger partial charge in [-0.2, -0.15) is 0 Å². The van der Waals surface area contributed by atoms with Gasteiger partial charge in [-0.05, 0) is 25.2 Å². The van der Waals surface area contributed by atoms with E-state index in [0.717, 1.165) is 12.8 Å². The summed E-state index contributed by atoms with van der Waals surface area (Å²) in [6.45, 7) is 0. The van der Waals surface area contributed by atoms with Gasteiger partial charge in [-0.1, -0.05) is 0 Å². The molecule has 0 aromatic heterocycles. The minimum Gasteiger partial charge on any atom is -0.481 e. The van der Waals surface area contributed by atoms with Crippen LogP contribution in [0.25, 0.3) is 0 Å². The van der Waals surface area contributed by atoms with E-state index in [0.29, 0.717) is 0 Å². The van der Waals surface area contributed by atoms with Crippen LogP contribution in [0.3, 0.4) is 0 Å². The topological polar surface area (TPSA) is 110 Å². The van der Waals surface area contributed by atoms with Crippen molar-refractivity contribution in [1.82, 2.24) is 4.72 Å². The van der Waals surface area contributed by atoms with Gasteiger partial charge < -0.3 is 9.84 Å². The summed E-state index contributed by atoms with van der Waals surface area (Å²) in [7, 11) is -2.32. The van der Waals surface area contributed by atoms with E-state index in [1.165, 1.54) is 7.11 Å². The lowest BCUT2D eigenvalue weighted by atomic mass is 10.1. The molecule has 7 nitrogen and oxygen atoms in total. The van der Waals surface area contributed by atoms with Gasteiger partial charge in [-0.15, -0.1) is 0 Å². The average molecular weight is 293 g/mol. The van der Waals surface area contributed by atoms with E-state index < -0.39 is 28.0 Å². The van der Waals surface area contributed by atoms with Crippen molar-refractivity contribution >= 4 is 22.0 Å². The zero-order valence-electron chi connectivity index (χ0n) is 10.8. The van der Waals surface area contributed by atoms with Gasteiger partial charge in [-0.25, -0.2) is 13.1 Å². The van der Waals surface area contributed by atoms with Crippen molar-refractivity contribution in [3.8, 4) is 0 Å². The number of ether oxygens (including phenoxy) is 1. The third-order valence-electron chi connectivity index (χ3n) is 2.94.